The number of rotatable bonds is 5. The minimum Gasteiger partial charge on any atom is -0.478 e. The van der Waals surface area contributed by atoms with E-state index in [9.17, 15) is 14.9 Å². The zero-order chi connectivity index (χ0) is 15.6. The van der Waals surface area contributed by atoms with Gasteiger partial charge in [-0.15, -0.1) is 11.3 Å². The molecule has 5 nitrogen and oxygen atoms in total. The van der Waals surface area contributed by atoms with E-state index >= 15 is 0 Å². The van der Waals surface area contributed by atoms with Gasteiger partial charge >= 0.3 is 5.69 Å². The molecule has 110 valence electrons. The number of halogens is 3. The van der Waals surface area contributed by atoms with Gasteiger partial charge in [0.1, 0.15) is 0 Å². The standard InChI is InChI=1S/C12H6Br3NO4S/c13-6-1-2-10(8(3-6)16(18)19)20-5-9(17)7-4-11(14)21-12(7)15/h1-4H,5H2. The molecule has 0 radical (unpaired) electrons. The smallest absolute Gasteiger partial charge is 0.312 e. The van der Waals surface area contributed by atoms with Crippen LogP contribution in [0.4, 0.5) is 5.69 Å². The van der Waals surface area contributed by atoms with Crippen LogP contribution >= 0.6 is 59.1 Å². The van der Waals surface area contributed by atoms with E-state index < -0.39 is 4.92 Å². The van der Waals surface area contributed by atoms with E-state index in [2.05, 4.69) is 47.8 Å². The third-order valence-corrected chi connectivity index (χ3v) is 5.27. The van der Waals surface area contributed by atoms with Crippen molar-refractivity contribution < 1.29 is 14.5 Å². The summed E-state index contributed by atoms with van der Waals surface area (Å²) in [7, 11) is 0. The van der Waals surface area contributed by atoms with Crippen molar-refractivity contribution in [1.29, 1.82) is 0 Å². The molecule has 9 heteroatoms. The number of nitro benzene ring substituents is 1. The molecule has 0 aliphatic carbocycles. The molecule has 0 N–H and O–H groups in total. The summed E-state index contributed by atoms with van der Waals surface area (Å²) in [6.07, 6.45) is 0. The van der Waals surface area contributed by atoms with Crippen LogP contribution in [0.3, 0.4) is 0 Å². The van der Waals surface area contributed by atoms with Gasteiger partial charge in [0.2, 0.25) is 5.78 Å². The van der Waals surface area contributed by atoms with Crippen LogP contribution in [0.2, 0.25) is 0 Å². The molecule has 21 heavy (non-hydrogen) atoms. The number of carbonyl (C=O) groups is 1. The van der Waals surface area contributed by atoms with Gasteiger partial charge < -0.3 is 4.74 Å². The van der Waals surface area contributed by atoms with Crippen molar-refractivity contribution in [2.24, 2.45) is 0 Å². The van der Waals surface area contributed by atoms with Crippen molar-refractivity contribution in [2.75, 3.05) is 6.61 Å². The molecule has 0 aliphatic rings. The molecule has 1 aromatic carbocycles. The van der Waals surface area contributed by atoms with Gasteiger partial charge in [-0.3, -0.25) is 14.9 Å². The van der Waals surface area contributed by atoms with Crippen molar-refractivity contribution >= 4 is 70.6 Å². The minimum absolute atomic E-state index is 0.0574. The molecule has 0 bridgehead atoms. The number of carbonyl (C=O) groups excluding carboxylic acids is 1. The fourth-order valence-corrected chi connectivity index (χ4v) is 4.71. The Hall–Kier alpha value is -0.770. The summed E-state index contributed by atoms with van der Waals surface area (Å²) >= 11 is 11.1. The number of thiophene rings is 1. The highest BCUT2D eigenvalue weighted by molar-refractivity contribution is 9.12. The van der Waals surface area contributed by atoms with Crippen LogP contribution in [0.15, 0.2) is 36.3 Å². The minimum atomic E-state index is -0.554. The van der Waals surface area contributed by atoms with Crippen molar-refractivity contribution in [3.63, 3.8) is 0 Å². The Balaban J connectivity index is 2.15. The summed E-state index contributed by atoms with van der Waals surface area (Å²) in [6.45, 7) is -0.274. The van der Waals surface area contributed by atoms with Gasteiger partial charge in [0.15, 0.2) is 12.4 Å². The average molecular weight is 500 g/mol. The Morgan fingerprint density at radius 1 is 1.29 bits per heavy atom. The quantitative estimate of drug-likeness (QED) is 0.322. The van der Waals surface area contributed by atoms with E-state index in [1.807, 2.05) is 0 Å². The molecule has 0 saturated heterocycles. The molecule has 0 atom stereocenters. The lowest BCUT2D eigenvalue weighted by atomic mass is 10.2. The van der Waals surface area contributed by atoms with Gasteiger partial charge in [-0.1, -0.05) is 15.9 Å². The summed E-state index contributed by atoms with van der Waals surface area (Å²) in [5.41, 5.74) is 0.286. The van der Waals surface area contributed by atoms with Crippen LogP contribution < -0.4 is 4.74 Å². The number of benzene rings is 1. The number of nitro groups is 1. The number of nitrogens with zero attached hydrogens (tertiary/aromatic N) is 1. The predicted molar refractivity (Wildman–Crippen MR) is 90.3 cm³/mol. The highest BCUT2D eigenvalue weighted by Crippen LogP contribution is 2.33. The molecule has 0 spiro atoms. The lowest BCUT2D eigenvalue weighted by Crippen LogP contribution is -2.12. The second-order valence-electron chi connectivity index (χ2n) is 3.82. The topological polar surface area (TPSA) is 69.4 Å². The third-order valence-electron chi connectivity index (χ3n) is 2.43. The van der Waals surface area contributed by atoms with E-state index in [1.54, 1.807) is 12.1 Å². The van der Waals surface area contributed by atoms with Gasteiger partial charge in [-0.05, 0) is 50.1 Å². The highest BCUT2D eigenvalue weighted by atomic mass is 79.9. The van der Waals surface area contributed by atoms with E-state index in [4.69, 9.17) is 4.74 Å². The number of hydrogen-bond acceptors (Lipinski definition) is 5. The van der Waals surface area contributed by atoms with Gasteiger partial charge in [0.25, 0.3) is 0 Å². The Morgan fingerprint density at radius 3 is 2.57 bits per heavy atom. The van der Waals surface area contributed by atoms with Crippen molar-refractivity contribution in [2.45, 2.75) is 0 Å². The first-order valence-electron chi connectivity index (χ1n) is 5.43. The Labute approximate surface area is 148 Å². The lowest BCUT2D eigenvalue weighted by Gasteiger charge is -2.06. The SMILES string of the molecule is O=C(COc1ccc(Br)cc1[N+](=O)[O-])c1cc(Br)sc1Br. The number of hydrogen-bond donors (Lipinski definition) is 0. The van der Waals surface area contributed by atoms with Crippen LogP contribution in [-0.4, -0.2) is 17.3 Å². The molecular weight excluding hydrogens is 494 g/mol. The number of Topliss-reactive ketones (excluding diaryl/α,β-unsaturated/α-hetero) is 1. The number of ether oxygens (including phenoxy) is 1. The zero-order valence-corrected chi connectivity index (χ0v) is 15.7. The molecule has 0 saturated carbocycles. The summed E-state index contributed by atoms with van der Waals surface area (Å²) in [4.78, 5) is 22.5. The predicted octanol–water partition coefficient (Wildman–Crippen LogP) is 5.21. The monoisotopic (exact) mass is 497 g/mol. The first-order valence-corrected chi connectivity index (χ1v) is 8.63. The fourth-order valence-electron chi connectivity index (χ4n) is 1.51. The Bertz CT molecular complexity index is 717. The second kappa shape index (κ2) is 6.99. The van der Waals surface area contributed by atoms with Gasteiger partial charge in [-0.25, -0.2) is 0 Å². The lowest BCUT2D eigenvalue weighted by molar-refractivity contribution is -0.385. The van der Waals surface area contributed by atoms with Crippen LogP contribution in [0, 0.1) is 10.1 Å². The molecule has 0 unspecified atom stereocenters. The van der Waals surface area contributed by atoms with Crippen LogP contribution in [-0.2, 0) is 0 Å². The average Bonchev–Trinajstić information content (AvgIpc) is 2.75. The highest BCUT2D eigenvalue weighted by Gasteiger charge is 2.19. The van der Waals surface area contributed by atoms with Crippen molar-refractivity contribution in [1.82, 2.24) is 0 Å². The van der Waals surface area contributed by atoms with Gasteiger partial charge in [-0.2, -0.15) is 0 Å². The molecule has 0 aliphatic heterocycles. The summed E-state index contributed by atoms with van der Waals surface area (Å²) in [5, 5.41) is 11.0. The first kappa shape index (κ1) is 16.6. The van der Waals surface area contributed by atoms with Crippen molar-refractivity contribution in [3.05, 3.63) is 52.0 Å². The van der Waals surface area contributed by atoms with Gasteiger partial charge in [0.05, 0.1) is 12.5 Å². The normalized spacial score (nSPS) is 10.4. The van der Waals surface area contributed by atoms with Crippen LogP contribution in [0.5, 0.6) is 5.75 Å². The third kappa shape index (κ3) is 4.12. The van der Waals surface area contributed by atoms with E-state index in [-0.39, 0.29) is 23.8 Å². The Morgan fingerprint density at radius 2 is 2.00 bits per heavy atom. The summed E-state index contributed by atoms with van der Waals surface area (Å²) in [6, 6.07) is 6.07. The first-order chi connectivity index (χ1) is 9.88. The van der Waals surface area contributed by atoms with Gasteiger partial charge in [0, 0.05) is 16.1 Å². The molecule has 1 heterocycles. The van der Waals surface area contributed by atoms with Crippen LogP contribution in [0.25, 0.3) is 0 Å². The molecule has 0 fully saturated rings. The second-order valence-corrected chi connectivity index (χ2v) is 8.48. The summed E-state index contributed by atoms with van der Waals surface area (Å²) in [5.74, 6) is -0.206. The fraction of sp³-hybridized carbons (Fsp3) is 0.0833. The molecule has 2 aromatic rings. The van der Waals surface area contributed by atoms with Crippen LogP contribution in [0.1, 0.15) is 10.4 Å². The summed E-state index contributed by atoms with van der Waals surface area (Å²) < 4.78 is 7.36. The van der Waals surface area contributed by atoms with E-state index in [1.165, 1.54) is 23.5 Å². The molecule has 0 amide bonds. The Kier molecular flexibility index (Phi) is 5.53. The van der Waals surface area contributed by atoms with E-state index in [0.29, 0.717) is 13.8 Å². The maximum absolute atomic E-state index is 12.1. The maximum Gasteiger partial charge on any atom is 0.312 e. The maximum atomic E-state index is 12.1. The molecule has 2 rings (SSSR count). The largest absolute Gasteiger partial charge is 0.478 e. The number of ketones is 1. The van der Waals surface area contributed by atoms with E-state index in [0.717, 1.165) is 3.79 Å². The zero-order valence-electron chi connectivity index (χ0n) is 10.1. The molecule has 1 aromatic heterocycles. The van der Waals surface area contributed by atoms with Crippen molar-refractivity contribution in [3.8, 4) is 5.75 Å². The molecular formula is C12H6Br3NO4S.